The zero-order valence-corrected chi connectivity index (χ0v) is 14.7. The van der Waals surface area contributed by atoms with Gasteiger partial charge in [-0.1, -0.05) is 43.6 Å². The smallest absolute Gasteiger partial charge is 0.387 e. The topological polar surface area (TPSA) is 60.2 Å². The van der Waals surface area contributed by atoms with Crippen molar-refractivity contribution in [3.05, 3.63) is 40.5 Å². The normalized spacial score (nSPS) is 13.3. The highest BCUT2D eigenvalue weighted by Gasteiger charge is 2.23. The van der Waals surface area contributed by atoms with Crippen molar-refractivity contribution in [2.75, 3.05) is 0 Å². The van der Waals surface area contributed by atoms with Crippen LogP contribution in [0, 0.1) is 0 Å². The van der Waals surface area contributed by atoms with Crippen LogP contribution in [0.1, 0.15) is 51.0 Å². The van der Waals surface area contributed by atoms with Crippen LogP contribution < -0.4 is 10.1 Å². The highest BCUT2D eigenvalue weighted by molar-refractivity contribution is 6.32. The molecule has 0 bridgehead atoms. The first-order chi connectivity index (χ1) is 11.2. The van der Waals surface area contributed by atoms with E-state index in [2.05, 4.69) is 20.2 Å². The third kappa shape index (κ3) is 4.88. The van der Waals surface area contributed by atoms with Gasteiger partial charge in [-0.3, -0.25) is 0 Å². The Morgan fingerprint density at radius 1 is 1.33 bits per heavy atom. The predicted octanol–water partition coefficient (Wildman–Crippen LogP) is 4.47. The molecule has 1 aromatic heterocycles. The van der Waals surface area contributed by atoms with Crippen molar-refractivity contribution >= 4 is 11.6 Å². The molecule has 8 heteroatoms. The molecule has 1 aromatic carbocycles. The van der Waals surface area contributed by atoms with Crippen LogP contribution in [0.5, 0.6) is 5.75 Å². The average Bonchev–Trinajstić information content (AvgIpc) is 2.97. The molecule has 0 aliphatic heterocycles. The number of nitrogens with zero attached hydrogens (tertiary/aromatic N) is 2. The molecule has 1 heterocycles. The van der Waals surface area contributed by atoms with Crippen molar-refractivity contribution in [1.29, 1.82) is 0 Å². The Balaban J connectivity index is 1.97. The van der Waals surface area contributed by atoms with Crippen LogP contribution in [0.15, 0.2) is 22.7 Å². The monoisotopic (exact) mass is 359 g/mol. The van der Waals surface area contributed by atoms with Crippen molar-refractivity contribution in [3.8, 4) is 5.75 Å². The molecule has 24 heavy (non-hydrogen) atoms. The van der Waals surface area contributed by atoms with Gasteiger partial charge >= 0.3 is 6.61 Å². The summed E-state index contributed by atoms with van der Waals surface area (Å²) in [7, 11) is 0. The van der Waals surface area contributed by atoms with E-state index in [1.165, 1.54) is 6.07 Å². The van der Waals surface area contributed by atoms with Crippen LogP contribution in [0.2, 0.25) is 5.02 Å². The van der Waals surface area contributed by atoms with Gasteiger partial charge in [0.05, 0.1) is 11.1 Å². The van der Waals surface area contributed by atoms with Crippen LogP contribution in [0.3, 0.4) is 0 Å². The molecule has 132 valence electrons. The van der Waals surface area contributed by atoms with E-state index < -0.39 is 6.61 Å². The Kier molecular flexibility index (Phi) is 5.77. The summed E-state index contributed by atoms with van der Waals surface area (Å²) in [6, 6.07) is 4.50. The van der Waals surface area contributed by atoms with Crippen molar-refractivity contribution in [1.82, 2.24) is 15.5 Å². The fourth-order valence-electron chi connectivity index (χ4n) is 1.92. The van der Waals surface area contributed by atoms with Gasteiger partial charge in [0.2, 0.25) is 5.89 Å². The van der Waals surface area contributed by atoms with Crippen LogP contribution in [-0.2, 0) is 12.0 Å². The lowest BCUT2D eigenvalue weighted by Gasteiger charge is -2.12. The fourth-order valence-corrected chi connectivity index (χ4v) is 2.17. The summed E-state index contributed by atoms with van der Waals surface area (Å²) < 4.78 is 34.0. The van der Waals surface area contributed by atoms with Gasteiger partial charge in [0, 0.05) is 12.0 Å². The Bertz CT molecular complexity index is 686. The van der Waals surface area contributed by atoms with Crippen molar-refractivity contribution in [2.24, 2.45) is 0 Å². The highest BCUT2D eigenvalue weighted by Crippen LogP contribution is 2.27. The number of nitrogens with one attached hydrogen (secondary N) is 1. The number of aromatic nitrogens is 2. The zero-order chi connectivity index (χ0) is 17.9. The second kappa shape index (κ2) is 7.44. The molecule has 5 nitrogen and oxygen atoms in total. The lowest BCUT2D eigenvalue weighted by molar-refractivity contribution is -0.0497. The van der Waals surface area contributed by atoms with Crippen LogP contribution in [0.25, 0.3) is 0 Å². The van der Waals surface area contributed by atoms with Gasteiger partial charge in [-0.25, -0.2) is 0 Å². The van der Waals surface area contributed by atoms with E-state index in [4.69, 9.17) is 16.1 Å². The number of hydrogen-bond acceptors (Lipinski definition) is 5. The lowest BCUT2D eigenvalue weighted by atomic mass is 9.96. The molecule has 0 radical (unpaired) electrons. The predicted molar refractivity (Wildman–Crippen MR) is 86.3 cm³/mol. The molecule has 0 fully saturated rings. The third-order valence-electron chi connectivity index (χ3n) is 3.31. The molecular weight excluding hydrogens is 340 g/mol. The molecule has 2 rings (SSSR count). The van der Waals surface area contributed by atoms with E-state index in [-0.39, 0.29) is 22.2 Å². The number of hydrogen-bond donors (Lipinski definition) is 1. The Labute approximate surface area is 144 Å². The molecule has 0 saturated heterocycles. The summed E-state index contributed by atoms with van der Waals surface area (Å²) >= 11 is 5.93. The Morgan fingerprint density at radius 2 is 2.04 bits per heavy atom. The summed E-state index contributed by atoms with van der Waals surface area (Å²) in [5.74, 6) is 1.08. The van der Waals surface area contributed by atoms with Gasteiger partial charge in [0.25, 0.3) is 0 Å². The minimum absolute atomic E-state index is 0.0461. The number of halogens is 3. The maximum absolute atomic E-state index is 12.2. The first-order valence-corrected chi connectivity index (χ1v) is 7.85. The molecule has 0 aliphatic carbocycles. The molecule has 0 amide bonds. The summed E-state index contributed by atoms with van der Waals surface area (Å²) in [4.78, 5) is 4.39. The molecule has 1 atom stereocenters. The maximum atomic E-state index is 12.2. The Morgan fingerprint density at radius 3 is 2.58 bits per heavy atom. The zero-order valence-electron chi connectivity index (χ0n) is 13.9. The number of benzene rings is 1. The largest absolute Gasteiger partial charge is 0.433 e. The SMILES string of the molecule is CC(NCc1ccc(OC(F)F)c(Cl)c1)c1nc(C(C)(C)C)no1. The van der Waals surface area contributed by atoms with Gasteiger partial charge in [0.1, 0.15) is 5.75 Å². The van der Waals surface area contributed by atoms with E-state index >= 15 is 0 Å². The number of rotatable bonds is 6. The maximum Gasteiger partial charge on any atom is 0.387 e. The van der Waals surface area contributed by atoms with Crippen LogP contribution in [0.4, 0.5) is 8.78 Å². The summed E-state index contributed by atoms with van der Waals surface area (Å²) in [6.07, 6.45) is 0. The summed E-state index contributed by atoms with van der Waals surface area (Å²) in [5.41, 5.74) is 0.638. The molecule has 1 unspecified atom stereocenters. The van der Waals surface area contributed by atoms with E-state index in [1.54, 1.807) is 12.1 Å². The van der Waals surface area contributed by atoms with Crippen molar-refractivity contribution in [2.45, 2.75) is 52.3 Å². The lowest BCUT2D eigenvalue weighted by Crippen LogP contribution is -2.19. The third-order valence-corrected chi connectivity index (χ3v) is 3.60. The molecule has 0 saturated carbocycles. The van der Waals surface area contributed by atoms with Crippen LogP contribution in [-0.4, -0.2) is 16.8 Å². The fraction of sp³-hybridized carbons (Fsp3) is 0.500. The second-order valence-corrected chi connectivity index (χ2v) is 6.86. The van der Waals surface area contributed by atoms with Gasteiger partial charge in [-0.05, 0) is 24.6 Å². The molecule has 0 aliphatic rings. The van der Waals surface area contributed by atoms with Gasteiger partial charge < -0.3 is 14.6 Å². The quantitative estimate of drug-likeness (QED) is 0.824. The van der Waals surface area contributed by atoms with E-state index in [0.717, 1.165) is 5.56 Å². The van der Waals surface area contributed by atoms with Crippen LogP contribution >= 0.6 is 11.6 Å². The molecular formula is C16H20ClF2N3O2. The second-order valence-electron chi connectivity index (χ2n) is 6.45. The molecule has 1 N–H and O–H groups in total. The van der Waals surface area contributed by atoms with Crippen molar-refractivity contribution in [3.63, 3.8) is 0 Å². The van der Waals surface area contributed by atoms with Gasteiger partial charge in [-0.15, -0.1) is 0 Å². The summed E-state index contributed by atoms with van der Waals surface area (Å²) in [5, 5.41) is 7.34. The standard InChI is InChI=1S/C16H20ClF2N3O2/c1-9(13-21-14(22-24-13)16(2,3)4)20-8-10-5-6-12(11(17)7-10)23-15(18)19/h5-7,9,15,20H,8H2,1-4H3. The minimum Gasteiger partial charge on any atom is -0.433 e. The van der Waals surface area contributed by atoms with E-state index in [1.807, 2.05) is 27.7 Å². The number of ether oxygens (including phenoxy) is 1. The van der Waals surface area contributed by atoms with Crippen molar-refractivity contribution < 1.29 is 18.0 Å². The molecule has 0 spiro atoms. The number of alkyl halides is 2. The van der Waals surface area contributed by atoms with Gasteiger partial charge in [-0.2, -0.15) is 13.8 Å². The summed E-state index contributed by atoms with van der Waals surface area (Å²) in [6.45, 7) is 5.47. The molecule has 2 aromatic rings. The van der Waals surface area contributed by atoms with E-state index in [9.17, 15) is 8.78 Å². The first-order valence-electron chi connectivity index (χ1n) is 7.47. The highest BCUT2D eigenvalue weighted by atomic mass is 35.5. The minimum atomic E-state index is -2.90. The first kappa shape index (κ1) is 18.6. The van der Waals surface area contributed by atoms with E-state index in [0.29, 0.717) is 18.3 Å². The average molecular weight is 360 g/mol. The van der Waals surface area contributed by atoms with Gasteiger partial charge in [0.15, 0.2) is 5.82 Å². The Hall–Kier alpha value is -1.73.